The van der Waals surface area contributed by atoms with Gasteiger partial charge in [0, 0.05) is 6.54 Å². The van der Waals surface area contributed by atoms with Crippen LogP contribution in [0.25, 0.3) is 5.57 Å². The molecule has 3 nitrogen and oxygen atoms in total. The van der Waals surface area contributed by atoms with E-state index in [1.54, 1.807) is 17.0 Å². The summed E-state index contributed by atoms with van der Waals surface area (Å²) < 4.78 is 18.5. The van der Waals surface area contributed by atoms with E-state index in [0.717, 1.165) is 29.5 Å². The standard InChI is InChI=1S/C20H20FNO2/c1-15(17-9-11-18(21)12-10-17)19-8-5-13-22(19)20(23)24-14-16-6-3-2-4-7-16/h2-4,6-7,9-12,19H,1,5,8,13-14H2. The van der Waals surface area contributed by atoms with Crippen molar-refractivity contribution in [2.45, 2.75) is 25.5 Å². The number of rotatable bonds is 4. The third-order valence-electron chi connectivity index (χ3n) is 4.31. The molecule has 1 heterocycles. The summed E-state index contributed by atoms with van der Waals surface area (Å²) in [6, 6.07) is 15.7. The number of hydrogen-bond donors (Lipinski definition) is 0. The molecular formula is C20H20FNO2. The van der Waals surface area contributed by atoms with Gasteiger partial charge in [0.25, 0.3) is 0 Å². The van der Waals surface area contributed by atoms with Crippen LogP contribution in [0.3, 0.4) is 0 Å². The van der Waals surface area contributed by atoms with Gasteiger partial charge in [-0.15, -0.1) is 0 Å². The summed E-state index contributed by atoms with van der Waals surface area (Å²) in [5.74, 6) is -0.280. The molecule has 0 aliphatic carbocycles. The molecule has 0 saturated carbocycles. The Morgan fingerprint density at radius 1 is 1.17 bits per heavy atom. The van der Waals surface area contributed by atoms with Crippen LogP contribution in [0.4, 0.5) is 9.18 Å². The molecule has 1 aliphatic rings. The second kappa shape index (κ2) is 7.30. The molecule has 1 amide bonds. The second-order valence-corrected chi connectivity index (χ2v) is 5.92. The van der Waals surface area contributed by atoms with E-state index in [1.807, 2.05) is 30.3 Å². The number of nitrogens with zero attached hydrogens (tertiary/aromatic N) is 1. The highest BCUT2D eigenvalue weighted by Gasteiger charge is 2.32. The lowest BCUT2D eigenvalue weighted by atomic mass is 9.98. The highest BCUT2D eigenvalue weighted by molar-refractivity contribution is 5.76. The average molecular weight is 325 g/mol. The Labute approximate surface area is 141 Å². The number of carbonyl (C=O) groups excluding carboxylic acids is 1. The quantitative estimate of drug-likeness (QED) is 0.819. The first-order valence-electron chi connectivity index (χ1n) is 8.07. The first kappa shape index (κ1) is 16.2. The highest BCUT2D eigenvalue weighted by atomic mass is 19.1. The molecule has 1 atom stereocenters. The van der Waals surface area contributed by atoms with Crippen LogP contribution in [-0.2, 0) is 11.3 Å². The van der Waals surface area contributed by atoms with Gasteiger partial charge in [0.15, 0.2) is 0 Å². The van der Waals surface area contributed by atoms with Crippen LogP contribution in [0.2, 0.25) is 0 Å². The zero-order chi connectivity index (χ0) is 16.9. The summed E-state index contributed by atoms with van der Waals surface area (Å²) in [7, 11) is 0. The maximum atomic E-state index is 13.1. The number of benzene rings is 2. The summed E-state index contributed by atoms with van der Waals surface area (Å²) in [6.45, 7) is 5.02. The van der Waals surface area contributed by atoms with Gasteiger partial charge >= 0.3 is 6.09 Å². The Morgan fingerprint density at radius 3 is 2.58 bits per heavy atom. The van der Waals surface area contributed by atoms with Gasteiger partial charge in [-0.2, -0.15) is 0 Å². The van der Waals surface area contributed by atoms with Crippen molar-refractivity contribution in [2.24, 2.45) is 0 Å². The highest BCUT2D eigenvalue weighted by Crippen LogP contribution is 2.30. The normalized spacial score (nSPS) is 16.9. The topological polar surface area (TPSA) is 29.5 Å². The summed E-state index contributed by atoms with van der Waals surface area (Å²) in [4.78, 5) is 14.1. The van der Waals surface area contributed by atoms with Crippen molar-refractivity contribution in [1.82, 2.24) is 4.90 Å². The Morgan fingerprint density at radius 2 is 1.88 bits per heavy atom. The van der Waals surface area contributed by atoms with Gasteiger partial charge in [0.05, 0.1) is 6.04 Å². The van der Waals surface area contributed by atoms with Crippen LogP contribution in [0.5, 0.6) is 0 Å². The van der Waals surface area contributed by atoms with Gasteiger partial charge in [-0.25, -0.2) is 9.18 Å². The summed E-state index contributed by atoms with van der Waals surface area (Å²) in [6.07, 6.45) is 1.42. The Bertz CT molecular complexity index is 712. The Hall–Kier alpha value is -2.62. The van der Waals surface area contributed by atoms with Crippen LogP contribution in [0.15, 0.2) is 61.2 Å². The van der Waals surface area contributed by atoms with Crippen molar-refractivity contribution in [3.05, 3.63) is 78.1 Å². The van der Waals surface area contributed by atoms with Gasteiger partial charge in [-0.1, -0.05) is 49.0 Å². The fourth-order valence-electron chi connectivity index (χ4n) is 3.01. The van der Waals surface area contributed by atoms with Crippen molar-refractivity contribution in [3.8, 4) is 0 Å². The third kappa shape index (κ3) is 3.65. The molecule has 2 aromatic rings. The minimum absolute atomic E-state index is 0.0984. The molecule has 4 heteroatoms. The summed E-state index contributed by atoms with van der Waals surface area (Å²) in [5, 5.41) is 0. The molecule has 1 unspecified atom stereocenters. The number of carbonyl (C=O) groups is 1. The lowest BCUT2D eigenvalue weighted by Gasteiger charge is -2.26. The largest absolute Gasteiger partial charge is 0.445 e. The second-order valence-electron chi connectivity index (χ2n) is 5.92. The molecule has 2 aromatic carbocycles. The first-order valence-corrected chi connectivity index (χ1v) is 8.07. The minimum Gasteiger partial charge on any atom is -0.445 e. The van der Waals surface area contributed by atoms with Gasteiger partial charge in [0.2, 0.25) is 0 Å². The van der Waals surface area contributed by atoms with Crippen LogP contribution in [0, 0.1) is 5.82 Å². The Balaban J connectivity index is 1.65. The number of likely N-dealkylation sites (tertiary alicyclic amines) is 1. The lowest BCUT2D eigenvalue weighted by molar-refractivity contribution is 0.0984. The van der Waals surface area contributed by atoms with E-state index in [4.69, 9.17) is 4.74 Å². The van der Waals surface area contributed by atoms with Crippen LogP contribution in [-0.4, -0.2) is 23.6 Å². The zero-order valence-electron chi connectivity index (χ0n) is 13.5. The van der Waals surface area contributed by atoms with E-state index < -0.39 is 0 Å². The van der Waals surface area contributed by atoms with Gasteiger partial charge in [0.1, 0.15) is 12.4 Å². The van der Waals surface area contributed by atoms with E-state index in [-0.39, 0.29) is 24.6 Å². The lowest BCUT2D eigenvalue weighted by Crippen LogP contribution is -2.36. The minimum atomic E-state index is -0.329. The molecule has 0 radical (unpaired) electrons. The van der Waals surface area contributed by atoms with E-state index >= 15 is 0 Å². The number of ether oxygens (including phenoxy) is 1. The van der Waals surface area contributed by atoms with Crippen LogP contribution in [0.1, 0.15) is 24.0 Å². The van der Waals surface area contributed by atoms with Crippen molar-refractivity contribution < 1.29 is 13.9 Å². The molecule has 0 aromatic heterocycles. The molecule has 3 rings (SSSR count). The van der Waals surface area contributed by atoms with Crippen molar-refractivity contribution in [2.75, 3.05) is 6.54 Å². The number of hydrogen-bond acceptors (Lipinski definition) is 2. The molecule has 1 fully saturated rings. The maximum Gasteiger partial charge on any atom is 0.410 e. The zero-order valence-corrected chi connectivity index (χ0v) is 13.5. The number of halogens is 1. The molecule has 0 N–H and O–H groups in total. The predicted octanol–water partition coefficient (Wildman–Crippen LogP) is 4.64. The predicted molar refractivity (Wildman–Crippen MR) is 91.8 cm³/mol. The number of amides is 1. The molecule has 1 aliphatic heterocycles. The van der Waals surface area contributed by atoms with Crippen LogP contribution >= 0.6 is 0 Å². The third-order valence-corrected chi connectivity index (χ3v) is 4.31. The first-order chi connectivity index (χ1) is 11.6. The van der Waals surface area contributed by atoms with Crippen molar-refractivity contribution in [1.29, 1.82) is 0 Å². The monoisotopic (exact) mass is 325 g/mol. The molecule has 0 bridgehead atoms. The van der Waals surface area contributed by atoms with Crippen molar-refractivity contribution >= 4 is 11.7 Å². The SMILES string of the molecule is C=C(c1ccc(F)cc1)C1CCCN1C(=O)OCc1ccccc1. The van der Waals surface area contributed by atoms with E-state index in [1.165, 1.54) is 12.1 Å². The molecule has 124 valence electrons. The van der Waals surface area contributed by atoms with Gasteiger partial charge in [-0.05, 0) is 41.7 Å². The fraction of sp³-hybridized carbons (Fsp3) is 0.250. The smallest absolute Gasteiger partial charge is 0.410 e. The van der Waals surface area contributed by atoms with Gasteiger partial charge in [-0.3, -0.25) is 0 Å². The average Bonchev–Trinajstić information content (AvgIpc) is 3.10. The molecular weight excluding hydrogens is 305 g/mol. The molecule has 24 heavy (non-hydrogen) atoms. The fourth-order valence-corrected chi connectivity index (χ4v) is 3.01. The van der Waals surface area contributed by atoms with E-state index in [9.17, 15) is 9.18 Å². The maximum absolute atomic E-state index is 13.1. The van der Waals surface area contributed by atoms with Gasteiger partial charge < -0.3 is 9.64 Å². The Kier molecular flexibility index (Phi) is 4.94. The summed E-state index contributed by atoms with van der Waals surface area (Å²) in [5.41, 5.74) is 2.63. The summed E-state index contributed by atoms with van der Waals surface area (Å²) >= 11 is 0. The molecule has 0 spiro atoms. The van der Waals surface area contributed by atoms with Crippen molar-refractivity contribution in [3.63, 3.8) is 0 Å². The van der Waals surface area contributed by atoms with E-state index in [2.05, 4.69) is 6.58 Å². The van der Waals surface area contributed by atoms with E-state index in [0.29, 0.717) is 6.54 Å². The van der Waals surface area contributed by atoms with Crippen LogP contribution < -0.4 is 0 Å². The molecule has 1 saturated heterocycles.